The number of para-hydroxylation sites is 1. The number of benzene rings is 1. The highest BCUT2D eigenvalue weighted by atomic mass is 32.2. The molecule has 0 fully saturated rings. The Morgan fingerprint density at radius 1 is 1.30 bits per heavy atom. The van der Waals surface area contributed by atoms with E-state index in [0.717, 1.165) is 11.1 Å². The van der Waals surface area contributed by atoms with Gasteiger partial charge in [0.05, 0.1) is 11.8 Å². The summed E-state index contributed by atoms with van der Waals surface area (Å²) in [4.78, 5) is 11.8. The minimum Gasteiger partial charge on any atom is -0.325 e. The maximum Gasteiger partial charge on any atom is 0.239 e. The highest BCUT2D eigenvalue weighted by Crippen LogP contribution is 2.19. The lowest BCUT2D eigenvalue weighted by molar-refractivity contribution is -0.113. The van der Waals surface area contributed by atoms with Gasteiger partial charge in [0.1, 0.15) is 5.75 Å². The fraction of sp³-hybridized carbons (Fsp3) is 0.429. The molecule has 1 N–H and O–H groups in total. The number of amides is 1. The second-order valence-corrected chi connectivity index (χ2v) is 6.85. The van der Waals surface area contributed by atoms with Gasteiger partial charge in [0.15, 0.2) is 9.84 Å². The van der Waals surface area contributed by atoms with Crippen molar-refractivity contribution in [1.82, 2.24) is 0 Å². The Bertz CT molecular complexity index is 610. The number of unbranched alkanes of at least 4 members (excludes halogenated alkanes) is 1. The van der Waals surface area contributed by atoms with Crippen LogP contribution in [0, 0.1) is 25.2 Å². The molecule has 5 nitrogen and oxygen atoms in total. The molecule has 0 aliphatic rings. The number of sulfone groups is 1. The smallest absolute Gasteiger partial charge is 0.239 e. The first-order valence-electron chi connectivity index (χ1n) is 6.29. The fourth-order valence-electron chi connectivity index (χ4n) is 1.83. The minimum absolute atomic E-state index is 0.138. The third-order valence-corrected chi connectivity index (χ3v) is 4.45. The Morgan fingerprint density at radius 3 is 2.45 bits per heavy atom. The summed E-state index contributed by atoms with van der Waals surface area (Å²) >= 11 is 0. The molecule has 0 bridgehead atoms. The maximum absolute atomic E-state index is 11.8. The van der Waals surface area contributed by atoms with Crippen LogP contribution >= 0.6 is 0 Å². The molecular weight excluding hydrogens is 276 g/mol. The number of carbonyl (C=O) groups is 1. The van der Waals surface area contributed by atoms with E-state index in [1.54, 1.807) is 0 Å². The summed E-state index contributed by atoms with van der Waals surface area (Å²) in [7, 11) is -3.46. The van der Waals surface area contributed by atoms with Gasteiger partial charge in [-0.1, -0.05) is 18.2 Å². The second-order valence-electron chi connectivity index (χ2n) is 4.67. The number of anilines is 1. The minimum atomic E-state index is -3.46. The first-order chi connectivity index (χ1) is 9.35. The van der Waals surface area contributed by atoms with Crippen LogP contribution in [0.2, 0.25) is 0 Å². The molecule has 0 aliphatic heterocycles. The predicted octanol–water partition coefficient (Wildman–Crippen LogP) is 1.96. The van der Waals surface area contributed by atoms with Crippen LogP contribution in [0.4, 0.5) is 5.69 Å². The topological polar surface area (TPSA) is 87.0 Å². The summed E-state index contributed by atoms with van der Waals surface area (Å²) in [6.45, 7) is 3.70. The highest BCUT2D eigenvalue weighted by Gasteiger charge is 2.17. The van der Waals surface area contributed by atoms with Crippen LogP contribution in [0.1, 0.15) is 24.0 Å². The van der Waals surface area contributed by atoms with Gasteiger partial charge in [-0.25, -0.2) is 8.42 Å². The van der Waals surface area contributed by atoms with E-state index in [4.69, 9.17) is 5.26 Å². The van der Waals surface area contributed by atoms with Gasteiger partial charge in [0.25, 0.3) is 0 Å². The van der Waals surface area contributed by atoms with E-state index in [0.29, 0.717) is 5.69 Å². The molecule has 0 unspecified atom stereocenters. The zero-order valence-electron chi connectivity index (χ0n) is 11.6. The van der Waals surface area contributed by atoms with E-state index in [-0.39, 0.29) is 18.6 Å². The van der Waals surface area contributed by atoms with Gasteiger partial charge < -0.3 is 5.32 Å². The number of rotatable bonds is 6. The van der Waals surface area contributed by atoms with Gasteiger partial charge in [-0.2, -0.15) is 5.26 Å². The summed E-state index contributed by atoms with van der Waals surface area (Å²) in [5.74, 6) is -1.23. The van der Waals surface area contributed by atoms with Gasteiger partial charge in [-0.3, -0.25) is 4.79 Å². The summed E-state index contributed by atoms with van der Waals surface area (Å²) in [5, 5.41) is 11.0. The molecule has 0 saturated heterocycles. The number of hydrogen-bond donors (Lipinski definition) is 1. The van der Waals surface area contributed by atoms with Crippen LogP contribution in [0.15, 0.2) is 18.2 Å². The average molecular weight is 294 g/mol. The van der Waals surface area contributed by atoms with Gasteiger partial charge >= 0.3 is 0 Å². The molecule has 1 aromatic carbocycles. The van der Waals surface area contributed by atoms with Crippen molar-refractivity contribution in [3.63, 3.8) is 0 Å². The Morgan fingerprint density at radius 2 is 1.90 bits per heavy atom. The molecule has 108 valence electrons. The van der Waals surface area contributed by atoms with Crippen molar-refractivity contribution in [3.8, 4) is 6.07 Å². The number of hydrogen-bond acceptors (Lipinski definition) is 4. The molecule has 0 atom stereocenters. The molecule has 0 radical (unpaired) electrons. The van der Waals surface area contributed by atoms with Crippen molar-refractivity contribution < 1.29 is 13.2 Å². The maximum atomic E-state index is 11.8. The normalized spacial score (nSPS) is 10.8. The van der Waals surface area contributed by atoms with Crippen LogP contribution in [-0.4, -0.2) is 25.8 Å². The van der Waals surface area contributed by atoms with E-state index in [1.807, 2.05) is 38.1 Å². The highest BCUT2D eigenvalue weighted by molar-refractivity contribution is 7.92. The number of aryl methyl sites for hydroxylation is 2. The first kappa shape index (κ1) is 16.2. The van der Waals surface area contributed by atoms with Crippen LogP contribution in [0.3, 0.4) is 0 Å². The van der Waals surface area contributed by atoms with E-state index < -0.39 is 21.5 Å². The monoisotopic (exact) mass is 294 g/mol. The number of nitriles is 1. The third kappa shape index (κ3) is 5.02. The lowest BCUT2D eigenvalue weighted by Crippen LogP contribution is -2.25. The quantitative estimate of drug-likeness (QED) is 0.812. The van der Waals surface area contributed by atoms with Crippen molar-refractivity contribution in [1.29, 1.82) is 5.26 Å². The van der Waals surface area contributed by atoms with E-state index in [1.165, 1.54) is 0 Å². The average Bonchev–Trinajstić information content (AvgIpc) is 2.33. The lowest BCUT2D eigenvalue weighted by Gasteiger charge is -2.11. The fourth-order valence-corrected chi connectivity index (χ4v) is 3.03. The predicted molar refractivity (Wildman–Crippen MR) is 78.0 cm³/mol. The molecule has 1 rings (SSSR count). The summed E-state index contributed by atoms with van der Waals surface area (Å²) < 4.78 is 23.4. The second kappa shape index (κ2) is 7.06. The molecule has 1 amide bonds. The number of nitrogens with zero attached hydrogens (tertiary/aromatic N) is 1. The Labute approximate surface area is 119 Å². The molecule has 0 aromatic heterocycles. The van der Waals surface area contributed by atoms with Crippen LogP contribution < -0.4 is 5.32 Å². The van der Waals surface area contributed by atoms with Crippen LogP contribution in [0.25, 0.3) is 0 Å². The van der Waals surface area contributed by atoms with Crippen LogP contribution in [0.5, 0.6) is 0 Å². The third-order valence-electron chi connectivity index (χ3n) is 2.84. The molecule has 0 saturated carbocycles. The van der Waals surface area contributed by atoms with Crippen molar-refractivity contribution in [3.05, 3.63) is 29.3 Å². The first-order valence-corrected chi connectivity index (χ1v) is 8.11. The van der Waals surface area contributed by atoms with Gasteiger partial charge in [-0.15, -0.1) is 0 Å². The summed E-state index contributed by atoms with van der Waals surface area (Å²) in [6, 6.07) is 7.46. The van der Waals surface area contributed by atoms with Crippen molar-refractivity contribution >= 4 is 21.4 Å². The van der Waals surface area contributed by atoms with Gasteiger partial charge in [0.2, 0.25) is 5.91 Å². The molecule has 6 heteroatoms. The Balaban J connectivity index is 2.67. The number of carbonyl (C=O) groups excluding carboxylic acids is 1. The standard InChI is InChI=1S/C14H18N2O3S/c1-11-6-5-7-12(2)14(11)16-13(17)10-20(18,19)9-4-3-8-15/h5-7H,3-4,9-10H2,1-2H3,(H,16,17). The zero-order chi connectivity index (χ0) is 15.2. The Hall–Kier alpha value is -1.87. The van der Waals surface area contributed by atoms with Gasteiger partial charge in [-0.05, 0) is 31.4 Å². The zero-order valence-corrected chi connectivity index (χ0v) is 12.5. The van der Waals surface area contributed by atoms with E-state index in [9.17, 15) is 13.2 Å². The molecular formula is C14H18N2O3S. The molecule has 0 aliphatic carbocycles. The van der Waals surface area contributed by atoms with Crippen LogP contribution in [-0.2, 0) is 14.6 Å². The van der Waals surface area contributed by atoms with Crippen molar-refractivity contribution in [2.24, 2.45) is 0 Å². The molecule has 20 heavy (non-hydrogen) atoms. The largest absolute Gasteiger partial charge is 0.325 e. The Kier molecular flexibility index (Phi) is 5.71. The summed E-state index contributed by atoms with van der Waals surface area (Å²) in [6.07, 6.45) is 0.438. The van der Waals surface area contributed by atoms with E-state index in [2.05, 4.69) is 5.32 Å². The lowest BCUT2D eigenvalue weighted by atomic mass is 10.1. The molecule has 0 spiro atoms. The number of nitrogens with one attached hydrogen (secondary N) is 1. The molecule has 1 aromatic rings. The van der Waals surface area contributed by atoms with Crippen molar-refractivity contribution in [2.75, 3.05) is 16.8 Å². The molecule has 0 heterocycles. The summed E-state index contributed by atoms with van der Waals surface area (Å²) in [5.41, 5.74) is 2.44. The van der Waals surface area contributed by atoms with Gasteiger partial charge in [0, 0.05) is 12.1 Å². The SMILES string of the molecule is Cc1cccc(C)c1NC(=O)CS(=O)(=O)CCCC#N. The van der Waals surface area contributed by atoms with E-state index >= 15 is 0 Å². The van der Waals surface area contributed by atoms with Crippen molar-refractivity contribution in [2.45, 2.75) is 26.7 Å².